The second kappa shape index (κ2) is 7.43. The van der Waals surface area contributed by atoms with Gasteiger partial charge < -0.3 is 10.0 Å². The summed E-state index contributed by atoms with van der Waals surface area (Å²) >= 11 is 0. The first-order valence-corrected chi connectivity index (χ1v) is 9.52. The van der Waals surface area contributed by atoms with Crippen molar-refractivity contribution in [3.05, 3.63) is 42.5 Å². The average Bonchev–Trinajstić information content (AvgIpc) is 2.60. The lowest BCUT2D eigenvalue weighted by Crippen LogP contribution is -2.51. The van der Waals surface area contributed by atoms with Crippen LogP contribution >= 0.6 is 0 Å². The van der Waals surface area contributed by atoms with E-state index in [2.05, 4.69) is 4.72 Å². The number of carboxylic acids is 1. The largest absolute Gasteiger partial charge is 0.480 e. The van der Waals surface area contributed by atoms with E-state index in [1.165, 1.54) is 27.0 Å². The maximum Gasteiger partial charge on any atom is 0.329 e. The highest BCUT2D eigenvalue weighted by Gasteiger charge is 2.34. The smallest absolute Gasteiger partial charge is 0.329 e. The number of carboxylic acid groups (broad SMARTS) is 1. The summed E-state index contributed by atoms with van der Waals surface area (Å²) in [5.74, 6) is -1.59. The molecule has 26 heavy (non-hydrogen) atoms. The van der Waals surface area contributed by atoms with E-state index < -0.39 is 27.4 Å². The minimum absolute atomic E-state index is 0.114. The monoisotopic (exact) mass is 378 g/mol. The molecule has 0 fully saturated rings. The third-order valence-electron chi connectivity index (χ3n) is 4.40. The number of nitrogens with zero attached hydrogens (tertiary/aromatic N) is 1. The Kier molecular flexibility index (Phi) is 5.68. The number of aliphatic carboxylic acids is 1. The van der Waals surface area contributed by atoms with Crippen molar-refractivity contribution in [3.63, 3.8) is 0 Å². The molecule has 2 aromatic rings. The second-order valence-corrected chi connectivity index (χ2v) is 8.24. The molecule has 0 spiro atoms. The van der Waals surface area contributed by atoms with Crippen LogP contribution in [0, 0.1) is 0 Å². The van der Waals surface area contributed by atoms with Crippen LogP contribution < -0.4 is 4.72 Å². The molecule has 7 nitrogen and oxygen atoms in total. The van der Waals surface area contributed by atoms with Gasteiger partial charge in [-0.25, -0.2) is 17.9 Å². The van der Waals surface area contributed by atoms with Crippen LogP contribution in [0.3, 0.4) is 0 Å². The number of sulfonamides is 1. The summed E-state index contributed by atoms with van der Waals surface area (Å²) in [5, 5.41) is 10.9. The molecule has 0 aliphatic heterocycles. The molecule has 0 aliphatic rings. The van der Waals surface area contributed by atoms with Crippen LogP contribution in [-0.2, 0) is 19.6 Å². The summed E-state index contributed by atoms with van der Waals surface area (Å²) in [7, 11) is -2.38. The molecule has 0 saturated carbocycles. The molecule has 2 aromatic carbocycles. The number of carbonyl (C=O) groups is 2. The predicted octanol–water partition coefficient (Wildman–Crippen LogP) is 1.83. The van der Waals surface area contributed by atoms with E-state index in [-0.39, 0.29) is 17.9 Å². The van der Waals surface area contributed by atoms with Gasteiger partial charge in [0.05, 0.1) is 4.90 Å². The van der Waals surface area contributed by atoms with Gasteiger partial charge in [-0.1, -0.05) is 30.3 Å². The molecular formula is C18H22N2O5S. The molecular weight excluding hydrogens is 356 g/mol. The van der Waals surface area contributed by atoms with Gasteiger partial charge in [0.15, 0.2) is 0 Å². The van der Waals surface area contributed by atoms with E-state index in [1.807, 2.05) is 24.3 Å². The molecule has 0 heterocycles. The van der Waals surface area contributed by atoms with Gasteiger partial charge in [0, 0.05) is 20.0 Å². The molecule has 140 valence electrons. The predicted molar refractivity (Wildman–Crippen MR) is 98.2 cm³/mol. The van der Waals surface area contributed by atoms with Crippen LogP contribution in [0.2, 0.25) is 0 Å². The number of amides is 1. The van der Waals surface area contributed by atoms with E-state index in [1.54, 1.807) is 12.1 Å². The topological polar surface area (TPSA) is 104 Å². The standard InChI is InChI=1S/C18H22N2O5S/c1-18(2,17(22)23)20(3)16(21)10-11-19-26(24,25)15-9-8-13-6-4-5-7-14(13)12-15/h4-9,12,19H,10-11H2,1-3H3,(H,22,23). The van der Waals surface area contributed by atoms with Crippen LogP contribution in [0.1, 0.15) is 20.3 Å². The first kappa shape index (κ1) is 19.9. The van der Waals surface area contributed by atoms with Crippen LogP contribution in [0.25, 0.3) is 10.8 Å². The molecule has 0 bridgehead atoms. The first-order chi connectivity index (χ1) is 12.1. The van der Waals surface area contributed by atoms with Crippen molar-refractivity contribution in [2.24, 2.45) is 0 Å². The Labute approximate surface area is 152 Å². The van der Waals surface area contributed by atoms with Crippen LogP contribution in [0.5, 0.6) is 0 Å². The maximum atomic E-state index is 12.4. The van der Waals surface area contributed by atoms with Gasteiger partial charge in [-0.15, -0.1) is 0 Å². The summed E-state index contributed by atoms with van der Waals surface area (Å²) in [4.78, 5) is 24.5. The zero-order chi connectivity index (χ0) is 19.5. The van der Waals surface area contributed by atoms with Crippen molar-refractivity contribution in [1.29, 1.82) is 0 Å². The third-order valence-corrected chi connectivity index (χ3v) is 5.86. The van der Waals surface area contributed by atoms with Crippen molar-refractivity contribution in [3.8, 4) is 0 Å². The van der Waals surface area contributed by atoms with Gasteiger partial charge in [0.2, 0.25) is 15.9 Å². The lowest BCUT2D eigenvalue weighted by molar-refractivity contribution is -0.155. The fourth-order valence-electron chi connectivity index (χ4n) is 2.33. The molecule has 0 unspecified atom stereocenters. The molecule has 0 radical (unpaired) electrons. The van der Waals surface area contributed by atoms with Gasteiger partial charge >= 0.3 is 5.97 Å². The molecule has 0 aliphatic carbocycles. The van der Waals surface area contributed by atoms with Crippen molar-refractivity contribution in [1.82, 2.24) is 9.62 Å². The van der Waals surface area contributed by atoms with Crippen molar-refractivity contribution >= 4 is 32.7 Å². The fraction of sp³-hybridized carbons (Fsp3) is 0.333. The molecule has 0 aromatic heterocycles. The lowest BCUT2D eigenvalue weighted by atomic mass is 10.0. The van der Waals surface area contributed by atoms with Crippen LogP contribution in [0.4, 0.5) is 0 Å². The number of benzene rings is 2. The molecule has 0 atom stereocenters. The fourth-order valence-corrected chi connectivity index (χ4v) is 3.40. The first-order valence-electron chi connectivity index (χ1n) is 8.04. The van der Waals surface area contributed by atoms with E-state index in [0.29, 0.717) is 0 Å². The Morgan fingerprint density at radius 3 is 2.35 bits per heavy atom. The average molecular weight is 378 g/mol. The number of hydrogen-bond donors (Lipinski definition) is 2. The summed E-state index contributed by atoms with van der Waals surface area (Å²) in [5.41, 5.74) is -1.37. The van der Waals surface area contributed by atoms with E-state index in [9.17, 15) is 18.0 Å². The van der Waals surface area contributed by atoms with Gasteiger partial charge in [-0.2, -0.15) is 0 Å². The van der Waals surface area contributed by atoms with E-state index in [0.717, 1.165) is 15.7 Å². The minimum atomic E-state index is -3.76. The Hall–Kier alpha value is -2.45. The van der Waals surface area contributed by atoms with Crippen LogP contribution in [-0.4, -0.2) is 49.4 Å². The van der Waals surface area contributed by atoms with Crippen molar-refractivity contribution < 1.29 is 23.1 Å². The highest BCUT2D eigenvalue weighted by atomic mass is 32.2. The summed E-state index contributed by atoms with van der Waals surface area (Å²) in [6.07, 6.45) is -0.139. The molecule has 1 amide bonds. The zero-order valence-electron chi connectivity index (χ0n) is 14.9. The number of carbonyl (C=O) groups excluding carboxylic acids is 1. The summed E-state index contributed by atoms with van der Waals surface area (Å²) in [6, 6.07) is 12.2. The molecule has 0 saturated heterocycles. The SMILES string of the molecule is CN(C(=O)CCNS(=O)(=O)c1ccc2ccccc2c1)C(C)(C)C(=O)O. The minimum Gasteiger partial charge on any atom is -0.480 e. The zero-order valence-corrected chi connectivity index (χ0v) is 15.7. The maximum absolute atomic E-state index is 12.4. The highest BCUT2D eigenvalue weighted by Crippen LogP contribution is 2.19. The number of likely N-dealkylation sites (N-methyl/N-ethyl adjacent to an activating group) is 1. The summed E-state index contributed by atoms with van der Waals surface area (Å²) < 4.78 is 27.2. The van der Waals surface area contributed by atoms with Crippen molar-refractivity contribution in [2.45, 2.75) is 30.7 Å². The van der Waals surface area contributed by atoms with E-state index >= 15 is 0 Å². The third kappa shape index (κ3) is 4.20. The van der Waals surface area contributed by atoms with Gasteiger partial charge in [0.25, 0.3) is 0 Å². The Morgan fingerprint density at radius 1 is 1.12 bits per heavy atom. The van der Waals surface area contributed by atoms with Crippen molar-refractivity contribution in [2.75, 3.05) is 13.6 Å². The number of nitrogens with one attached hydrogen (secondary N) is 1. The second-order valence-electron chi connectivity index (χ2n) is 6.47. The summed E-state index contributed by atoms with van der Waals surface area (Å²) in [6.45, 7) is 2.70. The number of fused-ring (bicyclic) bond motifs is 1. The molecule has 2 N–H and O–H groups in total. The van der Waals surface area contributed by atoms with Gasteiger partial charge in [-0.3, -0.25) is 4.79 Å². The van der Waals surface area contributed by atoms with Gasteiger partial charge in [0.1, 0.15) is 5.54 Å². The number of rotatable bonds is 7. The Balaban J connectivity index is 2.03. The highest BCUT2D eigenvalue weighted by molar-refractivity contribution is 7.89. The lowest BCUT2D eigenvalue weighted by Gasteiger charge is -2.31. The quantitative estimate of drug-likeness (QED) is 0.765. The van der Waals surface area contributed by atoms with E-state index in [4.69, 9.17) is 5.11 Å². The number of hydrogen-bond acceptors (Lipinski definition) is 4. The van der Waals surface area contributed by atoms with Crippen LogP contribution in [0.15, 0.2) is 47.4 Å². The van der Waals surface area contributed by atoms with Gasteiger partial charge in [-0.05, 0) is 36.8 Å². The Morgan fingerprint density at radius 2 is 1.73 bits per heavy atom. The molecule has 8 heteroatoms. The Bertz CT molecular complexity index is 938. The normalized spacial score (nSPS) is 12.1. The molecule has 2 rings (SSSR count).